The summed E-state index contributed by atoms with van der Waals surface area (Å²) in [4.78, 5) is 14.0. The maximum Gasteiger partial charge on any atom is 0.253 e. The van der Waals surface area contributed by atoms with Crippen LogP contribution in [0.1, 0.15) is 40.7 Å². The summed E-state index contributed by atoms with van der Waals surface area (Å²) in [5, 5.41) is 0. The fourth-order valence-corrected chi connectivity index (χ4v) is 2.17. The summed E-state index contributed by atoms with van der Waals surface area (Å²) in [5.41, 5.74) is 3.04. The number of carbonyl (C=O) groups excluding carboxylic acids is 1. The van der Waals surface area contributed by atoms with Gasteiger partial charge in [-0.15, -0.1) is 11.6 Å². The molecule has 0 aliphatic rings. The first-order valence-corrected chi connectivity index (χ1v) is 6.98. The van der Waals surface area contributed by atoms with Gasteiger partial charge < -0.3 is 4.90 Å². The summed E-state index contributed by atoms with van der Waals surface area (Å²) in [5.74, 6) is 0.813. The van der Waals surface area contributed by atoms with E-state index in [1.807, 2.05) is 33.0 Å². The lowest BCUT2D eigenvalue weighted by Crippen LogP contribution is -2.28. The Kier molecular flexibility index (Phi) is 6.20. The Hall–Kier alpha value is -1.02. The van der Waals surface area contributed by atoms with Crippen molar-refractivity contribution in [1.82, 2.24) is 4.90 Å². The molecule has 0 aliphatic carbocycles. The molecule has 100 valence electrons. The third kappa shape index (κ3) is 4.34. The highest BCUT2D eigenvalue weighted by molar-refractivity contribution is 6.17. The van der Waals surface area contributed by atoms with Crippen LogP contribution in [0.4, 0.5) is 0 Å². The molecular formula is C15H22ClNO. The van der Waals surface area contributed by atoms with Gasteiger partial charge in [-0.25, -0.2) is 0 Å². The Morgan fingerprint density at radius 3 is 2.56 bits per heavy atom. The molecule has 0 aliphatic heterocycles. The van der Waals surface area contributed by atoms with E-state index < -0.39 is 0 Å². The van der Waals surface area contributed by atoms with Gasteiger partial charge in [-0.2, -0.15) is 0 Å². The summed E-state index contributed by atoms with van der Waals surface area (Å²) < 4.78 is 0. The summed E-state index contributed by atoms with van der Waals surface area (Å²) in [6.07, 6.45) is 3.11. The molecule has 1 aromatic rings. The fraction of sp³-hybridized carbons (Fsp3) is 0.533. The average Bonchev–Trinajstić information content (AvgIpc) is 2.33. The summed E-state index contributed by atoms with van der Waals surface area (Å²) in [6, 6.07) is 5.96. The molecule has 1 aromatic carbocycles. The Balaban J connectivity index is 2.57. The number of benzene rings is 1. The topological polar surface area (TPSA) is 20.3 Å². The zero-order valence-electron chi connectivity index (χ0n) is 11.5. The van der Waals surface area contributed by atoms with Crippen LogP contribution in [0.2, 0.25) is 0 Å². The highest BCUT2D eigenvalue weighted by Gasteiger charge is 2.13. The van der Waals surface area contributed by atoms with E-state index in [1.165, 1.54) is 5.56 Å². The Bertz CT molecular complexity index is 403. The molecule has 0 heterocycles. The lowest BCUT2D eigenvalue weighted by atomic mass is 10.0. The van der Waals surface area contributed by atoms with E-state index in [1.54, 1.807) is 4.90 Å². The molecule has 0 fully saturated rings. The van der Waals surface area contributed by atoms with Gasteiger partial charge in [0.25, 0.3) is 5.91 Å². The number of hydrogen-bond acceptors (Lipinski definition) is 1. The molecule has 0 saturated heterocycles. The largest absolute Gasteiger partial charge is 0.342 e. The Labute approximate surface area is 115 Å². The minimum atomic E-state index is 0.110. The number of rotatable bonds is 6. The zero-order valence-corrected chi connectivity index (χ0v) is 12.3. The van der Waals surface area contributed by atoms with E-state index >= 15 is 0 Å². The van der Waals surface area contributed by atoms with E-state index in [0.29, 0.717) is 5.88 Å². The van der Waals surface area contributed by atoms with Crippen molar-refractivity contribution < 1.29 is 4.79 Å². The molecule has 0 radical (unpaired) electrons. The van der Waals surface area contributed by atoms with Crippen LogP contribution in [0.25, 0.3) is 0 Å². The van der Waals surface area contributed by atoms with Gasteiger partial charge in [-0.1, -0.05) is 24.1 Å². The maximum atomic E-state index is 12.2. The second-order valence-corrected chi connectivity index (χ2v) is 5.17. The second kappa shape index (κ2) is 7.42. The molecule has 0 N–H and O–H groups in total. The van der Waals surface area contributed by atoms with E-state index in [-0.39, 0.29) is 5.91 Å². The van der Waals surface area contributed by atoms with Gasteiger partial charge in [0.15, 0.2) is 0 Å². The monoisotopic (exact) mass is 267 g/mol. The zero-order chi connectivity index (χ0) is 13.5. The third-order valence-corrected chi connectivity index (χ3v) is 3.35. The normalized spacial score (nSPS) is 10.4. The van der Waals surface area contributed by atoms with Crippen molar-refractivity contribution in [2.75, 3.05) is 19.5 Å². The number of aryl methyl sites for hydroxylation is 2. The van der Waals surface area contributed by atoms with Crippen LogP contribution >= 0.6 is 11.6 Å². The van der Waals surface area contributed by atoms with Gasteiger partial charge >= 0.3 is 0 Å². The number of alkyl halides is 1. The standard InChI is InChI=1S/C15H22ClNO/c1-12-7-8-14(13(2)11-12)15(18)17(3)10-6-4-5-9-16/h7-8,11H,4-6,9-10H2,1-3H3. The van der Waals surface area contributed by atoms with Gasteiger partial charge in [0.05, 0.1) is 0 Å². The highest BCUT2D eigenvalue weighted by atomic mass is 35.5. The first kappa shape index (κ1) is 15.0. The quantitative estimate of drug-likeness (QED) is 0.567. The molecule has 0 bridgehead atoms. The lowest BCUT2D eigenvalue weighted by molar-refractivity contribution is 0.0792. The van der Waals surface area contributed by atoms with Crippen molar-refractivity contribution in [2.24, 2.45) is 0 Å². The average molecular weight is 268 g/mol. The van der Waals surface area contributed by atoms with Crippen LogP contribution in [0, 0.1) is 13.8 Å². The highest BCUT2D eigenvalue weighted by Crippen LogP contribution is 2.13. The smallest absolute Gasteiger partial charge is 0.253 e. The molecule has 1 amide bonds. The molecule has 0 saturated carbocycles. The van der Waals surface area contributed by atoms with Crippen molar-refractivity contribution in [3.8, 4) is 0 Å². The maximum absolute atomic E-state index is 12.2. The van der Waals surface area contributed by atoms with Crippen molar-refractivity contribution in [2.45, 2.75) is 33.1 Å². The molecular weight excluding hydrogens is 246 g/mol. The van der Waals surface area contributed by atoms with Crippen LogP contribution in [0.5, 0.6) is 0 Å². The van der Waals surface area contributed by atoms with Crippen molar-refractivity contribution in [3.63, 3.8) is 0 Å². The number of unbranched alkanes of at least 4 members (excludes halogenated alkanes) is 2. The van der Waals surface area contributed by atoms with Gasteiger partial charge in [0.1, 0.15) is 0 Å². The third-order valence-electron chi connectivity index (χ3n) is 3.09. The molecule has 0 aromatic heterocycles. The molecule has 0 unspecified atom stereocenters. The van der Waals surface area contributed by atoms with Crippen LogP contribution in [-0.2, 0) is 0 Å². The molecule has 2 nitrogen and oxygen atoms in total. The van der Waals surface area contributed by atoms with Crippen molar-refractivity contribution >= 4 is 17.5 Å². The van der Waals surface area contributed by atoms with Crippen molar-refractivity contribution in [3.05, 3.63) is 34.9 Å². The molecule has 18 heavy (non-hydrogen) atoms. The minimum Gasteiger partial charge on any atom is -0.342 e. The minimum absolute atomic E-state index is 0.110. The summed E-state index contributed by atoms with van der Waals surface area (Å²) >= 11 is 5.63. The fourth-order valence-electron chi connectivity index (χ4n) is 1.98. The van der Waals surface area contributed by atoms with Crippen LogP contribution in [0.15, 0.2) is 18.2 Å². The van der Waals surface area contributed by atoms with Gasteiger partial charge in [-0.05, 0) is 38.3 Å². The van der Waals surface area contributed by atoms with Crippen molar-refractivity contribution in [1.29, 1.82) is 0 Å². The summed E-state index contributed by atoms with van der Waals surface area (Å²) in [7, 11) is 1.86. The predicted octanol–water partition coefficient (Wildman–Crippen LogP) is 3.78. The predicted molar refractivity (Wildman–Crippen MR) is 77.4 cm³/mol. The molecule has 1 rings (SSSR count). The van der Waals surface area contributed by atoms with Gasteiger partial charge in [-0.3, -0.25) is 4.79 Å². The number of carbonyl (C=O) groups is 1. The van der Waals surface area contributed by atoms with E-state index in [9.17, 15) is 4.79 Å². The lowest BCUT2D eigenvalue weighted by Gasteiger charge is -2.18. The first-order valence-electron chi connectivity index (χ1n) is 6.45. The summed E-state index contributed by atoms with van der Waals surface area (Å²) in [6.45, 7) is 4.82. The SMILES string of the molecule is Cc1ccc(C(=O)N(C)CCCCCCl)c(C)c1. The molecule has 0 atom stereocenters. The Morgan fingerprint density at radius 1 is 1.22 bits per heavy atom. The number of hydrogen-bond donors (Lipinski definition) is 0. The molecule has 3 heteroatoms. The second-order valence-electron chi connectivity index (χ2n) is 4.79. The number of nitrogens with zero attached hydrogens (tertiary/aromatic N) is 1. The van der Waals surface area contributed by atoms with Crippen LogP contribution in [-0.4, -0.2) is 30.3 Å². The van der Waals surface area contributed by atoms with E-state index in [4.69, 9.17) is 11.6 Å². The number of halogens is 1. The van der Waals surface area contributed by atoms with Crippen LogP contribution < -0.4 is 0 Å². The van der Waals surface area contributed by atoms with Gasteiger partial charge in [0, 0.05) is 25.0 Å². The van der Waals surface area contributed by atoms with E-state index in [0.717, 1.165) is 36.9 Å². The first-order chi connectivity index (χ1) is 8.56. The van der Waals surface area contributed by atoms with Crippen LogP contribution in [0.3, 0.4) is 0 Å². The molecule has 0 spiro atoms. The van der Waals surface area contributed by atoms with Gasteiger partial charge in [0.2, 0.25) is 0 Å². The number of amides is 1. The Morgan fingerprint density at radius 2 is 1.94 bits per heavy atom. The van der Waals surface area contributed by atoms with E-state index in [2.05, 4.69) is 6.07 Å².